The van der Waals surface area contributed by atoms with Gasteiger partial charge in [0.15, 0.2) is 0 Å². The maximum atomic E-state index is 5.52. The maximum Gasteiger partial charge on any atom is 0.0105 e. The molecule has 0 saturated carbocycles. The van der Waals surface area contributed by atoms with E-state index in [1.54, 1.807) is 0 Å². The monoisotopic (exact) mass is 172 g/mol. The molecule has 0 aromatic heterocycles. The summed E-state index contributed by atoms with van der Waals surface area (Å²) in [6.07, 6.45) is 5.23. The van der Waals surface area contributed by atoms with E-state index in [2.05, 4.69) is 18.7 Å². The van der Waals surface area contributed by atoms with Gasteiger partial charge in [0.2, 0.25) is 0 Å². The van der Waals surface area contributed by atoms with Gasteiger partial charge >= 0.3 is 0 Å². The van der Waals surface area contributed by atoms with Gasteiger partial charge in [-0.2, -0.15) is 0 Å². The van der Waals surface area contributed by atoms with E-state index in [1.807, 2.05) is 0 Å². The van der Waals surface area contributed by atoms with Crippen LogP contribution in [-0.2, 0) is 0 Å². The standard InChI is InChI=1S/C10H24N2/c1-3-5-6-9-12(8-4-2)10-7-11/h3-11H2,1-2H3. The Hall–Kier alpha value is -0.0800. The van der Waals surface area contributed by atoms with Gasteiger partial charge in [0.25, 0.3) is 0 Å². The number of hydrogen-bond donors (Lipinski definition) is 1. The van der Waals surface area contributed by atoms with Crippen molar-refractivity contribution in [2.45, 2.75) is 39.5 Å². The van der Waals surface area contributed by atoms with Crippen molar-refractivity contribution in [3.8, 4) is 0 Å². The SMILES string of the molecule is CCCCCN(CCC)CCN. The Labute approximate surface area is 77.1 Å². The minimum Gasteiger partial charge on any atom is -0.329 e. The highest BCUT2D eigenvalue weighted by atomic mass is 15.1. The number of nitrogens with two attached hydrogens (primary N) is 1. The lowest BCUT2D eigenvalue weighted by molar-refractivity contribution is 0.275. The van der Waals surface area contributed by atoms with Gasteiger partial charge in [-0.05, 0) is 25.9 Å². The summed E-state index contributed by atoms with van der Waals surface area (Å²) in [5.41, 5.74) is 5.52. The van der Waals surface area contributed by atoms with Crippen LogP contribution in [0.4, 0.5) is 0 Å². The highest BCUT2D eigenvalue weighted by molar-refractivity contribution is 4.57. The molecule has 0 aliphatic heterocycles. The first-order valence-corrected chi connectivity index (χ1v) is 5.27. The lowest BCUT2D eigenvalue weighted by Gasteiger charge is -2.20. The zero-order valence-electron chi connectivity index (χ0n) is 8.68. The third-order valence-corrected chi connectivity index (χ3v) is 2.06. The molecule has 2 heteroatoms. The Balaban J connectivity index is 3.34. The highest BCUT2D eigenvalue weighted by Crippen LogP contribution is 1.98. The number of hydrogen-bond acceptors (Lipinski definition) is 2. The first-order valence-electron chi connectivity index (χ1n) is 5.27. The largest absolute Gasteiger partial charge is 0.329 e. The second-order valence-corrected chi connectivity index (χ2v) is 3.34. The van der Waals surface area contributed by atoms with Crippen LogP contribution in [0.5, 0.6) is 0 Å². The quantitative estimate of drug-likeness (QED) is 0.566. The summed E-state index contributed by atoms with van der Waals surface area (Å²) >= 11 is 0. The Morgan fingerprint density at radius 1 is 0.917 bits per heavy atom. The number of nitrogens with zero attached hydrogens (tertiary/aromatic N) is 1. The summed E-state index contributed by atoms with van der Waals surface area (Å²) in [5.74, 6) is 0. The third-order valence-electron chi connectivity index (χ3n) is 2.06. The Kier molecular flexibility index (Phi) is 8.95. The molecule has 2 nitrogen and oxygen atoms in total. The first-order chi connectivity index (χ1) is 5.85. The van der Waals surface area contributed by atoms with E-state index in [0.29, 0.717) is 0 Å². The van der Waals surface area contributed by atoms with Gasteiger partial charge < -0.3 is 10.6 Å². The van der Waals surface area contributed by atoms with Gasteiger partial charge in [0.1, 0.15) is 0 Å². The maximum absolute atomic E-state index is 5.52. The molecule has 0 atom stereocenters. The van der Waals surface area contributed by atoms with Crippen LogP contribution in [0.3, 0.4) is 0 Å². The molecule has 0 fully saturated rings. The molecule has 0 aliphatic carbocycles. The van der Waals surface area contributed by atoms with Gasteiger partial charge in [-0.1, -0.05) is 26.7 Å². The molecule has 0 aromatic carbocycles. The van der Waals surface area contributed by atoms with Crippen LogP contribution in [0, 0.1) is 0 Å². The molecule has 12 heavy (non-hydrogen) atoms. The fraction of sp³-hybridized carbons (Fsp3) is 1.00. The Morgan fingerprint density at radius 2 is 1.67 bits per heavy atom. The minimum atomic E-state index is 0.798. The molecule has 0 spiro atoms. The molecule has 0 unspecified atom stereocenters. The number of rotatable bonds is 8. The molecule has 2 N–H and O–H groups in total. The van der Waals surface area contributed by atoms with Crippen molar-refractivity contribution in [2.75, 3.05) is 26.2 Å². The van der Waals surface area contributed by atoms with Gasteiger partial charge in [-0.15, -0.1) is 0 Å². The second kappa shape index (κ2) is 9.01. The molecule has 0 radical (unpaired) electrons. The van der Waals surface area contributed by atoms with E-state index in [9.17, 15) is 0 Å². The summed E-state index contributed by atoms with van der Waals surface area (Å²) in [4.78, 5) is 2.47. The van der Waals surface area contributed by atoms with Crippen molar-refractivity contribution in [1.82, 2.24) is 4.90 Å². The fourth-order valence-electron chi connectivity index (χ4n) is 1.42. The zero-order valence-corrected chi connectivity index (χ0v) is 8.68. The molecule has 0 rings (SSSR count). The van der Waals surface area contributed by atoms with Crippen LogP contribution in [-0.4, -0.2) is 31.1 Å². The van der Waals surface area contributed by atoms with E-state index in [1.165, 1.54) is 38.8 Å². The van der Waals surface area contributed by atoms with Crippen LogP contribution < -0.4 is 5.73 Å². The predicted octanol–water partition coefficient (Wildman–Crippen LogP) is 1.85. The topological polar surface area (TPSA) is 29.3 Å². The van der Waals surface area contributed by atoms with Gasteiger partial charge in [0, 0.05) is 13.1 Å². The minimum absolute atomic E-state index is 0.798. The highest BCUT2D eigenvalue weighted by Gasteiger charge is 2.00. The van der Waals surface area contributed by atoms with Crippen molar-refractivity contribution in [3.05, 3.63) is 0 Å². The molecule has 0 aromatic rings. The van der Waals surface area contributed by atoms with Crippen molar-refractivity contribution in [3.63, 3.8) is 0 Å². The smallest absolute Gasteiger partial charge is 0.0105 e. The van der Waals surface area contributed by atoms with E-state index < -0.39 is 0 Å². The van der Waals surface area contributed by atoms with Crippen LogP contribution in [0.2, 0.25) is 0 Å². The van der Waals surface area contributed by atoms with Gasteiger partial charge in [-0.25, -0.2) is 0 Å². The number of unbranched alkanes of at least 4 members (excludes halogenated alkanes) is 2. The zero-order chi connectivity index (χ0) is 9.23. The first kappa shape index (κ1) is 11.9. The molecular weight excluding hydrogens is 148 g/mol. The molecular formula is C10H24N2. The van der Waals surface area contributed by atoms with Crippen LogP contribution in [0.15, 0.2) is 0 Å². The molecule has 0 heterocycles. The summed E-state index contributed by atoms with van der Waals surface area (Å²) in [5, 5.41) is 0. The van der Waals surface area contributed by atoms with E-state index >= 15 is 0 Å². The van der Waals surface area contributed by atoms with Gasteiger partial charge in [0.05, 0.1) is 0 Å². The van der Waals surface area contributed by atoms with Crippen LogP contribution in [0.25, 0.3) is 0 Å². The normalized spacial score (nSPS) is 11.0. The average molecular weight is 172 g/mol. The summed E-state index contributed by atoms with van der Waals surface area (Å²) in [6.45, 7) is 8.78. The Morgan fingerprint density at radius 3 is 2.17 bits per heavy atom. The fourth-order valence-corrected chi connectivity index (χ4v) is 1.42. The van der Waals surface area contributed by atoms with Crippen molar-refractivity contribution >= 4 is 0 Å². The molecule has 74 valence electrons. The second-order valence-electron chi connectivity index (χ2n) is 3.34. The van der Waals surface area contributed by atoms with Crippen LogP contribution >= 0.6 is 0 Å². The summed E-state index contributed by atoms with van der Waals surface area (Å²) in [7, 11) is 0. The Bertz CT molecular complexity index is 77.9. The van der Waals surface area contributed by atoms with E-state index in [-0.39, 0.29) is 0 Å². The van der Waals surface area contributed by atoms with Gasteiger partial charge in [-0.3, -0.25) is 0 Å². The third kappa shape index (κ3) is 6.62. The molecule has 0 bridgehead atoms. The lowest BCUT2D eigenvalue weighted by Crippen LogP contribution is -2.31. The average Bonchev–Trinajstić information content (AvgIpc) is 2.06. The summed E-state index contributed by atoms with van der Waals surface area (Å²) in [6, 6.07) is 0. The molecule has 0 amide bonds. The molecule has 0 aliphatic rings. The van der Waals surface area contributed by atoms with E-state index in [0.717, 1.165) is 13.1 Å². The van der Waals surface area contributed by atoms with Crippen molar-refractivity contribution in [1.29, 1.82) is 0 Å². The molecule has 0 saturated heterocycles. The summed E-state index contributed by atoms with van der Waals surface area (Å²) < 4.78 is 0. The van der Waals surface area contributed by atoms with Crippen molar-refractivity contribution < 1.29 is 0 Å². The van der Waals surface area contributed by atoms with E-state index in [4.69, 9.17) is 5.73 Å². The lowest BCUT2D eigenvalue weighted by atomic mass is 10.2. The van der Waals surface area contributed by atoms with Crippen molar-refractivity contribution in [2.24, 2.45) is 5.73 Å². The predicted molar refractivity (Wildman–Crippen MR) is 55.3 cm³/mol. The van der Waals surface area contributed by atoms with Crippen LogP contribution in [0.1, 0.15) is 39.5 Å².